The Bertz CT molecular complexity index is 158. The summed E-state index contributed by atoms with van der Waals surface area (Å²) in [5.41, 5.74) is 1.08. The Kier molecular flexibility index (Phi) is 9.89. The molecule has 1 N–H and O–H groups in total. The van der Waals surface area contributed by atoms with Gasteiger partial charge in [-0.25, -0.2) is 0 Å². The van der Waals surface area contributed by atoms with Gasteiger partial charge in [-0.2, -0.15) is 0 Å². The lowest BCUT2D eigenvalue weighted by Crippen LogP contribution is -2.26. The molecule has 0 unspecified atom stereocenters. The van der Waals surface area contributed by atoms with Crippen molar-refractivity contribution in [2.24, 2.45) is 0 Å². The monoisotopic (exact) mass is 215 g/mol. The van der Waals surface area contributed by atoms with E-state index >= 15 is 0 Å². The van der Waals surface area contributed by atoms with Gasteiger partial charge in [0.1, 0.15) is 0 Å². The molecule has 3 nitrogen and oxygen atoms in total. The molecule has 0 amide bonds. The summed E-state index contributed by atoms with van der Waals surface area (Å²) in [4.78, 5) is 0. The van der Waals surface area contributed by atoms with Crippen LogP contribution in [0.4, 0.5) is 0 Å². The quantitative estimate of drug-likeness (QED) is 0.446. The van der Waals surface area contributed by atoms with Gasteiger partial charge >= 0.3 is 0 Å². The molecule has 15 heavy (non-hydrogen) atoms. The summed E-state index contributed by atoms with van der Waals surface area (Å²) in [5.74, 6) is 0. The summed E-state index contributed by atoms with van der Waals surface area (Å²) in [6, 6.07) is 0.495. The Morgan fingerprint density at radius 1 is 1.20 bits per heavy atom. The van der Waals surface area contributed by atoms with Crippen LogP contribution in [-0.4, -0.2) is 39.0 Å². The summed E-state index contributed by atoms with van der Waals surface area (Å²) in [6.07, 6.45) is 1.06. The summed E-state index contributed by atoms with van der Waals surface area (Å²) in [6.45, 7) is 13.9. The Morgan fingerprint density at radius 2 is 1.87 bits per heavy atom. The molecule has 0 aromatic rings. The number of hydrogen-bond donors (Lipinski definition) is 1. The maximum absolute atomic E-state index is 5.41. The molecule has 0 atom stereocenters. The molecular weight excluding hydrogens is 190 g/mol. The predicted octanol–water partition coefficient (Wildman–Crippen LogP) is 1.98. The summed E-state index contributed by atoms with van der Waals surface area (Å²) in [7, 11) is 0. The summed E-state index contributed by atoms with van der Waals surface area (Å²) >= 11 is 0. The molecule has 0 aliphatic heterocycles. The van der Waals surface area contributed by atoms with E-state index in [-0.39, 0.29) is 0 Å². The second kappa shape index (κ2) is 10.1. The van der Waals surface area contributed by atoms with Crippen LogP contribution in [0.5, 0.6) is 0 Å². The average molecular weight is 215 g/mol. The highest BCUT2D eigenvalue weighted by Gasteiger charge is 1.96. The minimum Gasteiger partial charge on any atom is -0.379 e. The SMILES string of the molecule is C=C(CNC(C)C)COCCOCCC. The van der Waals surface area contributed by atoms with Crippen LogP contribution in [0.1, 0.15) is 27.2 Å². The fraction of sp³-hybridized carbons (Fsp3) is 0.833. The zero-order valence-electron chi connectivity index (χ0n) is 10.3. The van der Waals surface area contributed by atoms with Gasteiger partial charge in [0.05, 0.1) is 19.8 Å². The van der Waals surface area contributed by atoms with Crippen LogP contribution < -0.4 is 5.32 Å². The van der Waals surface area contributed by atoms with Crippen LogP contribution in [0.2, 0.25) is 0 Å². The first-order valence-corrected chi connectivity index (χ1v) is 5.72. The van der Waals surface area contributed by atoms with Gasteiger partial charge in [0.2, 0.25) is 0 Å². The van der Waals surface area contributed by atoms with Crippen LogP contribution in [0.25, 0.3) is 0 Å². The molecular formula is C12H25NO2. The van der Waals surface area contributed by atoms with Gasteiger partial charge in [-0.1, -0.05) is 27.4 Å². The van der Waals surface area contributed by atoms with Gasteiger partial charge in [0.25, 0.3) is 0 Å². The van der Waals surface area contributed by atoms with Gasteiger partial charge in [0.15, 0.2) is 0 Å². The van der Waals surface area contributed by atoms with Crippen molar-refractivity contribution in [3.63, 3.8) is 0 Å². The van der Waals surface area contributed by atoms with E-state index in [2.05, 4.69) is 32.7 Å². The molecule has 0 aromatic heterocycles. The normalized spacial score (nSPS) is 10.9. The van der Waals surface area contributed by atoms with Gasteiger partial charge in [-0.05, 0) is 12.0 Å². The molecule has 0 aromatic carbocycles. The number of ether oxygens (including phenoxy) is 2. The first kappa shape index (κ1) is 14.6. The Balaban J connectivity index is 3.17. The van der Waals surface area contributed by atoms with E-state index < -0.39 is 0 Å². The van der Waals surface area contributed by atoms with Crippen molar-refractivity contribution in [2.75, 3.05) is 33.0 Å². The number of rotatable bonds is 10. The van der Waals surface area contributed by atoms with Gasteiger partial charge < -0.3 is 14.8 Å². The van der Waals surface area contributed by atoms with Crippen LogP contribution in [0, 0.1) is 0 Å². The molecule has 0 saturated carbocycles. The van der Waals surface area contributed by atoms with Crippen LogP contribution in [0.3, 0.4) is 0 Å². The maximum Gasteiger partial charge on any atom is 0.0704 e. The van der Waals surface area contributed by atoms with E-state index in [0.717, 1.165) is 25.1 Å². The maximum atomic E-state index is 5.41. The zero-order chi connectivity index (χ0) is 11.5. The second-order valence-corrected chi connectivity index (χ2v) is 3.95. The van der Waals surface area contributed by atoms with Crippen molar-refractivity contribution in [3.8, 4) is 0 Å². The fourth-order valence-electron chi connectivity index (χ4n) is 0.980. The van der Waals surface area contributed by atoms with E-state index in [9.17, 15) is 0 Å². The van der Waals surface area contributed by atoms with Crippen LogP contribution in [-0.2, 0) is 9.47 Å². The van der Waals surface area contributed by atoms with Crippen molar-refractivity contribution >= 4 is 0 Å². The first-order chi connectivity index (χ1) is 7.16. The third-order valence-corrected chi connectivity index (χ3v) is 1.79. The number of nitrogens with one attached hydrogen (secondary N) is 1. The van der Waals surface area contributed by atoms with E-state index in [1.54, 1.807) is 0 Å². The molecule has 3 heteroatoms. The third-order valence-electron chi connectivity index (χ3n) is 1.79. The Morgan fingerprint density at radius 3 is 2.47 bits per heavy atom. The topological polar surface area (TPSA) is 30.5 Å². The van der Waals surface area contributed by atoms with E-state index in [1.807, 2.05) is 0 Å². The summed E-state index contributed by atoms with van der Waals surface area (Å²) in [5, 5.41) is 3.30. The zero-order valence-corrected chi connectivity index (χ0v) is 10.3. The molecule has 0 heterocycles. The highest BCUT2D eigenvalue weighted by atomic mass is 16.5. The highest BCUT2D eigenvalue weighted by molar-refractivity contribution is 4.97. The highest BCUT2D eigenvalue weighted by Crippen LogP contribution is 1.91. The van der Waals surface area contributed by atoms with Gasteiger partial charge in [0, 0.05) is 19.2 Å². The molecule has 0 bridgehead atoms. The minimum atomic E-state index is 0.495. The Hall–Kier alpha value is -0.380. The smallest absolute Gasteiger partial charge is 0.0704 e. The summed E-state index contributed by atoms with van der Waals surface area (Å²) < 4.78 is 10.7. The van der Waals surface area contributed by atoms with Crippen LogP contribution >= 0.6 is 0 Å². The second-order valence-electron chi connectivity index (χ2n) is 3.95. The fourth-order valence-corrected chi connectivity index (χ4v) is 0.980. The van der Waals surface area contributed by atoms with Crippen molar-refractivity contribution in [1.29, 1.82) is 0 Å². The molecule has 0 radical (unpaired) electrons. The largest absolute Gasteiger partial charge is 0.379 e. The molecule has 0 aliphatic carbocycles. The lowest BCUT2D eigenvalue weighted by atomic mass is 10.3. The lowest BCUT2D eigenvalue weighted by molar-refractivity contribution is 0.0561. The lowest BCUT2D eigenvalue weighted by Gasteiger charge is -2.11. The molecule has 0 saturated heterocycles. The minimum absolute atomic E-state index is 0.495. The molecule has 0 rings (SSSR count). The van der Waals surface area contributed by atoms with E-state index in [4.69, 9.17) is 9.47 Å². The van der Waals surface area contributed by atoms with Crippen molar-refractivity contribution < 1.29 is 9.47 Å². The average Bonchev–Trinajstić information content (AvgIpc) is 2.20. The standard InChI is InChI=1S/C12H25NO2/c1-5-6-14-7-8-15-10-12(4)9-13-11(2)3/h11,13H,4-10H2,1-3H3. The van der Waals surface area contributed by atoms with Gasteiger partial charge in [-0.3, -0.25) is 0 Å². The van der Waals surface area contributed by atoms with Crippen molar-refractivity contribution in [2.45, 2.75) is 33.2 Å². The third kappa shape index (κ3) is 11.5. The first-order valence-electron chi connectivity index (χ1n) is 5.72. The molecule has 90 valence electrons. The Labute approximate surface area is 93.8 Å². The molecule has 0 spiro atoms. The van der Waals surface area contributed by atoms with E-state index in [1.165, 1.54) is 0 Å². The van der Waals surface area contributed by atoms with Gasteiger partial charge in [-0.15, -0.1) is 0 Å². The van der Waals surface area contributed by atoms with E-state index in [0.29, 0.717) is 25.9 Å². The van der Waals surface area contributed by atoms with Crippen molar-refractivity contribution in [3.05, 3.63) is 12.2 Å². The number of hydrogen-bond acceptors (Lipinski definition) is 3. The predicted molar refractivity (Wildman–Crippen MR) is 64.2 cm³/mol. The van der Waals surface area contributed by atoms with Crippen molar-refractivity contribution in [1.82, 2.24) is 5.32 Å². The van der Waals surface area contributed by atoms with Crippen LogP contribution in [0.15, 0.2) is 12.2 Å². The molecule has 0 aliphatic rings. The molecule has 0 fully saturated rings.